The van der Waals surface area contributed by atoms with Crippen molar-refractivity contribution in [1.29, 1.82) is 0 Å². The lowest BCUT2D eigenvalue weighted by atomic mass is 10.2. The summed E-state index contributed by atoms with van der Waals surface area (Å²) in [5, 5.41) is 7.11. The van der Waals surface area contributed by atoms with Crippen molar-refractivity contribution in [3.8, 4) is 0 Å². The molecule has 0 saturated heterocycles. The molecule has 0 aromatic carbocycles. The van der Waals surface area contributed by atoms with Gasteiger partial charge in [-0.2, -0.15) is 5.10 Å². The summed E-state index contributed by atoms with van der Waals surface area (Å²) in [6, 6.07) is -0.472. The first-order chi connectivity index (χ1) is 9.92. The van der Waals surface area contributed by atoms with Gasteiger partial charge in [0.2, 0.25) is 5.91 Å². The lowest BCUT2D eigenvalue weighted by molar-refractivity contribution is -0.130. The first kappa shape index (κ1) is 17.5. The Labute approximate surface area is 130 Å². The number of aryl methyl sites for hydroxylation is 1. The highest BCUT2D eigenvalue weighted by molar-refractivity contribution is 6.33. The lowest BCUT2D eigenvalue weighted by Gasteiger charge is -2.21. The van der Waals surface area contributed by atoms with E-state index in [1.165, 1.54) is 10.9 Å². The van der Waals surface area contributed by atoms with Crippen molar-refractivity contribution >= 4 is 23.2 Å². The summed E-state index contributed by atoms with van der Waals surface area (Å²) >= 11 is 6.08. The molecule has 1 unspecified atom stereocenters. The predicted molar refractivity (Wildman–Crippen MR) is 84.8 cm³/mol. The zero-order chi connectivity index (χ0) is 16.0. The zero-order valence-corrected chi connectivity index (χ0v) is 13.8. The van der Waals surface area contributed by atoms with Crippen molar-refractivity contribution in [2.24, 2.45) is 0 Å². The molecular weight excluding hydrogens is 292 g/mol. The molecule has 0 bridgehead atoms. The van der Waals surface area contributed by atoms with Crippen LogP contribution in [-0.2, 0) is 11.3 Å². The lowest BCUT2D eigenvalue weighted by Crippen LogP contribution is -2.39. The van der Waals surface area contributed by atoms with Crippen LogP contribution in [0.1, 0.15) is 33.6 Å². The van der Waals surface area contributed by atoms with E-state index < -0.39 is 6.04 Å². The van der Waals surface area contributed by atoms with Gasteiger partial charge >= 0.3 is 0 Å². The normalized spacial score (nSPS) is 12.0. The summed E-state index contributed by atoms with van der Waals surface area (Å²) in [5.74, 6) is -0.0660. The van der Waals surface area contributed by atoms with E-state index in [4.69, 9.17) is 11.6 Å². The molecule has 0 aliphatic carbocycles. The van der Waals surface area contributed by atoms with E-state index in [1.807, 2.05) is 13.8 Å². The van der Waals surface area contributed by atoms with Crippen molar-refractivity contribution in [2.45, 2.75) is 46.2 Å². The Balaban J connectivity index is 2.88. The van der Waals surface area contributed by atoms with Crippen molar-refractivity contribution in [2.75, 3.05) is 18.9 Å². The highest BCUT2D eigenvalue weighted by atomic mass is 35.5. The van der Waals surface area contributed by atoms with Gasteiger partial charge in [0.25, 0.3) is 5.56 Å². The van der Waals surface area contributed by atoms with Crippen LogP contribution in [0.15, 0.2) is 11.0 Å². The maximum Gasteiger partial charge on any atom is 0.287 e. The molecule has 1 atom stereocenters. The van der Waals surface area contributed by atoms with Gasteiger partial charge in [-0.3, -0.25) is 9.59 Å². The third-order valence-electron chi connectivity index (χ3n) is 3.30. The molecule has 7 heteroatoms. The van der Waals surface area contributed by atoms with E-state index in [0.717, 1.165) is 12.8 Å². The van der Waals surface area contributed by atoms with E-state index in [1.54, 1.807) is 18.9 Å². The van der Waals surface area contributed by atoms with Crippen LogP contribution in [0.25, 0.3) is 0 Å². The van der Waals surface area contributed by atoms with E-state index in [9.17, 15) is 9.59 Å². The number of nitrogens with zero attached hydrogens (tertiary/aromatic N) is 3. The fraction of sp³-hybridized carbons (Fsp3) is 0.643. The molecule has 0 aliphatic rings. The second-order valence-electron chi connectivity index (χ2n) is 4.97. The maximum atomic E-state index is 12.1. The predicted octanol–water partition coefficient (Wildman–Crippen LogP) is 1.98. The maximum absolute atomic E-state index is 12.1. The Kier molecular flexibility index (Phi) is 6.68. The minimum absolute atomic E-state index is 0.0660. The average molecular weight is 315 g/mol. The van der Waals surface area contributed by atoms with Crippen LogP contribution in [0, 0.1) is 0 Å². The molecule has 6 nitrogen and oxygen atoms in total. The summed E-state index contributed by atoms with van der Waals surface area (Å²) in [6.07, 6.45) is 3.34. The topological polar surface area (TPSA) is 67.2 Å². The number of halogens is 1. The Morgan fingerprint density at radius 1 is 1.52 bits per heavy atom. The van der Waals surface area contributed by atoms with Crippen LogP contribution in [0.5, 0.6) is 0 Å². The third kappa shape index (κ3) is 4.46. The van der Waals surface area contributed by atoms with Gasteiger partial charge in [-0.25, -0.2) is 4.68 Å². The minimum Gasteiger partial charge on any atom is -0.371 e. The first-order valence-electron chi connectivity index (χ1n) is 7.19. The van der Waals surface area contributed by atoms with Gasteiger partial charge < -0.3 is 10.2 Å². The van der Waals surface area contributed by atoms with Gasteiger partial charge in [-0.05, 0) is 20.3 Å². The molecule has 21 heavy (non-hydrogen) atoms. The summed E-state index contributed by atoms with van der Waals surface area (Å²) in [7, 11) is 1.73. The highest BCUT2D eigenvalue weighted by Crippen LogP contribution is 2.17. The van der Waals surface area contributed by atoms with E-state index in [-0.39, 0.29) is 16.5 Å². The number of amides is 1. The molecule has 1 aromatic heterocycles. The molecule has 0 radical (unpaired) electrons. The number of hydrogen-bond donors (Lipinski definition) is 1. The second kappa shape index (κ2) is 8.02. The summed E-state index contributed by atoms with van der Waals surface area (Å²) < 4.78 is 1.35. The summed E-state index contributed by atoms with van der Waals surface area (Å²) in [6.45, 7) is 6.83. The Morgan fingerprint density at radius 3 is 2.76 bits per heavy atom. The highest BCUT2D eigenvalue weighted by Gasteiger charge is 2.18. The number of likely N-dealkylation sites (N-methyl/N-ethyl adjacent to an activating group) is 1. The molecule has 1 N–H and O–H groups in total. The van der Waals surface area contributed by atoms with Gasteiger partial charge in [0.1, 0.15) is 11.1 Å². The molecule has 0 spiro atoms. The van der Waals surface area contributed by atoms with Gasteiger partial charge in [0, 0.05) is 20.1 Å². The van der Waals surface area contributed by atoms with Gasteiger partial charge in [-0.15, -0.1) is 0 Å². The summed E-state index contributed by atoms with van der Waals surface area (Å²) in [4.78, 5) is 25.7. The van der Waals surface area contributed by atoms with Crippen LogP contribution in [0.4, 0.5) is 5.69 Å². The SMILES string of the molecule is CCCCn1ncc(NC(C)C(=O)N(C)CC)c(Cl)c1=O. The van der Waals surface area contributed by atoms with Crippen molar-refractivity contribution < 1.29 is 4.79 Å². The first-order valence-corrected chi connectivity index (χ1v) is 7.57. The van der Waals surface area contributed by atoms with Gasteiger partial charge in [0.05, 0.1) is 11.9 Å². The number of anilines is 1. The number of carbonyl (C=O) groups excluding carboxylic acids is 1. The monoisotopic (exact) mass is 314 g/mol. The molecule has 0 aliphatic heterocycles. The van der Waals surface area contributed by atoms with E-state index in [2.05, 4.69) is 10.4 Å². The number of nitrogens with one attached hydrogen (secondary N) is 1. The number of carbonyl (C=O) groups is 1. The third-order valence-corrected chi connectivity index (χ3v) is 3.67. The average Bonchev–Trinajstić information content (AvgIpc) is 2.49. The second-order valence-corrected chi connectivity index (χ2v) is 5.35. The molecule has 118 valence electrons. The Morgan fingerprint density at radius 2 is 2.19 bits per heavy atom. The largest absolute Gasteiger partial charge is 0.371 e. The van der Waals surface area contributed by atoms with Crippen LogP contribution in [0.2, 0.25) is 5.02 Å². The zero-order valence-electron chi connectivity index (χ0n) is 13.0. The summed E-state index contributed by atoms with van der Waals surface area (Å²) in [5.41, 5.74) is 0.0541. The van der Waals surface area contributed by atoms with Crippen molar-refractivity contribution in [1.82, 2.24) is 14.7 Å². The fourth-order valence-corrected chi connectivity index (χ4v) is 2.02. The quantitative estimate of drug-likeness (QED) is 0.835. The number of rotatable bonds is 7. The Hall–Kier alpha value is -1.56. The van der Waals surface area contributed by atoms with Crippen LogP contribution in [0.3, 0.4) is 0 Å². The van der Waals surface area contributed by atoms with Gasteiger partial charge in [-0.1, -0.05) is 24.9 Å². The van der Waals surface area contributed by atoms with Crippen molar-refractivity contribution in [3.63, 3.8) is 0 Å². The van der Waals surface area contributed by atoms with Crippen LogP contribution < -0.4 is 10.9 Å². The molecule has 0 fully saturated rings. The van der Waals surface area contributed by atoms with Crippen molar-refractivity contribution in [3.05, 3.63) is 21.6 Å². The molecule has 1 rings (SSSR count). The Bertz CT molecular complexity index is 544. The minimum atomic E-state index is -0.472. The van der Waals surface area contributed by atoms with Gasteiger partial charge in [0.15, 0.2) is 0 Å². The molecule has 0 saturated carbocycles. The van der Waals surface area contributed by atoms with Crippen LogP contribution >= 0.6 is 11.6 Å². The molecule has 1 amide bonds. The van der Waals surface area contributed by atoms with E-state index in [0.29, 0.717) is 18.8 Å². The standard InChI is InChI=1S/C14H23ClN4O2/c1-5-7-8-19-14(21)12(15)11(9-16-19)17-10(3)13(20)18(4)6-2/h9-10,17H,5-8H2,1-4H3. The molecular formula is C14H23ClN4O2. The van der Waals surface area contributed by atoms with E-state index >= 15 is 0 Å². The number of hydrogen-bond acceptors (Lipinski definition) is 4. The number of unbranched alkanes of at least 4 members (excludes halogenated alkanes) is 1. The molecule has 1 aromatic rings. The number of aromatic nitrogens is 2. The molecule has 1 heterocycles. The smallest absolute Gasteiger partial charge is 0.287 e. The fourth-order valence-electron chi connectivity index (χ4n) is 1.81. The van der Waals surface area contributed by atoms with Crippen LogP contribution in [-0.4, -0.2) is 40.2 Å².